The maximum atomic E-state index is 11.2. The zero-order valence-electron chi connectivity index (χ0n) is 6.62. The average Bonchev–Trinajstić information content (AvgIpc) is 2.83. The van der Waals surface area contributed by atoms with Crippen LogP contribution >= 0.6 is 0 Å². The van der Waals surface area contributed by atoms with Crippen LogP contribution in [-0.2, 0) is 0 Å². The maximum Gasteiger partial charge on any atom is 0.181 e. The Labute approximate surface area is 69.7 Å². The van der Waals surface area contributed by atoms with Gasteiger partial charge in [-0.25, -0.2) is 0 Å². The van der Waals surface area contributed by atoms with Crippen molar-refractivity contribution < 1.29 is 9.32 Å². The molecule has 1 aliphatic rings. The smallest absolute Gasteiger partial charge is 0.181 e. The third-order valence-corrected chi connectivity index (χ3v) is 2.03. The van der Waals surface area contributed by atoms with Crippen molar-refractivity contribution in [3.8, 4) is 0 Å². The molecule has 0 unspecified atom stereocenters. The van der Waals surface area contributed by atoms with Gasteiger partial charge in [0.05, 0.1) is 18.3 Å². The molecule has 0 saturated heterocycles. The van der Waals surface area contributed by atoms with Crippen LogP contribution in [0.15, 0.2) is 10.7 Å². The van der Waals surface area contributed by atoms with Crippen LogP contribution in [0.5, 0.6) is 0 Å². The second kappa shape index (κ2) is 2.71. The third-order valence-electron chi connectivity index (χ3n) is 2.03. The molecule has 1 aliphatic carbocycles. The number of Topliss-reactive ketones (excluding diaryl/α,β-unsaturated/α-hetero) is 1. The molecule has 0 amide bonds. The van der Waals surface area contributed by atoms with Gasteiger partial charge in [0.25, 0.3) is 0 Å². The van der Waals surface area contributed by atoms with Crippen LogP contribution in [0, 0.1) is 0 Å². The molecule has 2 rings (SSSR count). The van der Waals surface area contributed by atoms with Crippen molar-refractivity contribution in [3.05, 3.63) is 17.5 Å². The molecule has 0 aliphatic heterocycles. The fourth-order valence-corrected chi connectivity index (χ4v) is 1.21. The number of hydrogen-bond acceptors (Lipinski definition) is 4. The highest BCUT2D eigenvalue weighted by atomic mass is 16.5. The first-order valence-corrected chi connectivity index (χ1v) is 4.00. The summed E-state index contributed by atoms with van der Waals surface area (Å²) in [6, 6.07) is 0. The van der Waals surface area contributed by atoms with E-state index in [9.17, 15) is 4.79 Å². The van der Waals surface area contributed by atoms with E-state index in [2.05, 4.69) is 5.16 Å². The van der Waals surface area contributed by atoms with Gasteiger partial charge in [-0.05, 0) is 12.8 Å². The number of rotatable bonds is 3. The second-order valence-electron chi connectivity index (χ2n) is 3.01. The molecular formula is C8H10N2O2. The molecule has 1 saturated carbocycles. The minimum atomic E-state index is -0.0850. The van der Waals surface area contributed by atoms with E-state index < -0.39 is 0 Å². The summed E-state index contributed by atoms with van der Waals surface area (Å²) in [7, 11) is 0. The SMILES string of the molecule is NCC(=O)c1cnoc1C1CC1. The van der Waals surface area contributed by atoms with E-state index in [-0.39, 0.29) is 12.3 Å². The zero-order chi connectivity index (χ0) is 8.55. The lowest BCUT2D eigenvalue weighted by atomic mass is 10.1. The number of hydrogen-bond donors (Lipinski definition) is 1. The summed E-state index contributed by atoms with van der Waals surface area (Å²) < 4.78 is 4.99. The van der Waals surface area contributed by atoms with Gasteiger partial charge in [-0.1, -0.05) is 5.16 Å². The van der Waals surface area contributed by atoms with E-state index in [0.29, 0.717) is 11.5 Å². The number of aromatic nitrogens is 1. The van der Waals surface area contributed by atoms with Crippen molar-refractivity contribution >= 4 is 5.78 Å². The van der Waals surface area contributed by atoms with Gasteiger partial charge >= 0.3 is 0 Å². The number of ketones is 1. The lowest BCUT2D eigenvalue weighted by Crippen LogP contribution is -2.14. The second-order valence-corrected chi connectivity index (χ2v) is 3.01. The molecule has 0 atom stereocenters. The van der Waals surface area contributed by atoms with Crippen LogP contribution < -0.4 is 5.73 Å². The molecule has 0 bridgehead atoms. The van der Waals surface area contributed by atoms with E-state index in [1.807, 2.05) is 0 Å². The molecule has 4 nitrogen and oxygen atoms in total. The summed E-state index contributed by atoms with van der Waals surface area (Å²) >= 11 is 0. The van der Waals surface area contributed by atoms with Crippen molar-refractivity contribution in [3.63, 3.8) is 0 Å². The highest BCUT2D eigenvalue weighted by molar-refractivity contribution is 5.98. The monoisotopic (exact) mass is 166 g/mol. The summed E-state index contributed by atoms with van der Waals surface area (Å²) in [5.74, 6) is 1.06. The van der Waals surface area contributed by atoms with E-state index >= 15 is 0 Å². The van der Waals surface area contributed by atoms with E-state index in [0.717, 1.165) is 18.6 Å². The standard InChI is InChI=1S/C8H10N2O2/c9-3-7(11)6-4-10-12-8(6)5-1-2-5/h4-5H,1-3,9H2. The van der Waals surface area contributed by atoms with Crippen molar-refractivity contribution in [2.75, 3.05) is 6.54 Å². The van der Waals surface area contributed by atoms with Crippen LogP contribution in [0.3, 0.4) is 0 Å². The summed E-state index contributed by atoms with van der Waals surface area (Å²) in [4.78, 5) is 11.2. The molecule has 1 fully saturated rings. The molecule has 2 N–H and O–H groups in total. The lowest BCUT2D eigenvalue weighted by Gasteiger charge is -1.94. The Morgan fingerprint density at radius 2 is 2.50 bits per heavy atom. The Balaban J connectivity index is 2.29. The van der Waals surface area contributed by atoms with E-state index in [1.54, 1.807) is 0 Å². The van der Waals surface area contributed by atoms with Crippen LogP contribution in [0.4, 0.5) is 0 Å². The number of nitrogens with two attached hydrogens (primary N) is 1. The summed E-state index contributed by atoms with van der Waals surface area (Å²) in [5.41, 5.74) is 5.80. The Kier molecular flexibility index (Phi) is 1.69. The third kappa shape index (κ3) is 1.14. The quantitative estimate of drug-likeness (QED) is 0.671. The predicted molar refractivity (Wildman–Crippen MR) is 41.9 cm³/mol. The zero-order valence-corrected chi connectivity index (χ0v) is 6.62. The minimum absolute atomic E-state index is 0.0287. The molecule has 1 heterocycles. The van der Waals surface area contributed by atoms with Crippen LogP contribution in [0.25, 0.3) is 0 Å². The molecule has 1 aromatic heterocycles. The largest absolute Gasteiger partial charge is 0.360 e. The highest BCUT2D eigenvalue weighted by Gasteiger charge is 2.31. The van der Waals surface area contributed by atoms with Crippen LogP contribution in [-0.4, -0.2) is 17.5 Å². The molecule has 0 aromatic carbocycles. The molecule has 12 heavy (non-hydrogen) atoms. The maximum absolute atomic E-state index is 11.2. The van der Waals surface area contributed by atoms with Crippen LogP contribution in [0.1, 0.15) is 34.9 Å². The Hall–Kier alpha value is -1.16. The fraction of sp³-hybridized carbons (Fsp3) is 0.500. The van der Waals surface area contributed by atoms with Gasteiger partial charge < -0.3 is 10.3 Å². The van der Waals surface area contributed by atoms with Gasteiger partial charge in [0, 0.05) is 5.92 Å². The Bertz CT molecular complexity index is 302. The number of carbonyl (C=O) groups is 1. The number of nitrogens with zero attached hydrogens (tertiary/aromatic N) is 1. The predicted octanol–water partition coefficient (Wildman–Crippen LogP) is 0.693. The Morgan fingerprint density at radius 1 is 1.75 bits per heavy atom. The molecule has 64 valence electrons. The van der Waals surface area contributed by atoms with Crippen LogP contribution in [0.2, 0.25) is 0 Å². The van der Waals surface area contributed by atoms with Crippen molar-refractivity contribution in [1.29, 1.82) is 0 Å². The first kappa shape index (κ1) is 7.49. The van der Waals surface area contributed by atoms with Gasteiger partial charge in [0.1, 0.15) is 0 Å². The minimum Gasteiger partial charge on any atom is -0.360 e. The Morgan fingerprint density at radius 3 is 3.08 bits per heavy atom. The van der Waals surface area contributed by atoms with Gasteiger partial charge in [-0.3, -0.25) is 4.79 Å². The normalized spacial score (nSPS) is 16.4. The summed E-state index contributed by atoms with van der Waals surface area (Å²) in [6.07, 6.45) is 3.66. The fourth-order valence-electron chi connectivity index (χ4n) is 1.21. The van der Waals surface area contributed by atoms with Gasteiger partial charge in [0.15, 0.2) is 11.5 Å². The summed E-state index contributed by atoms with van der Waals surface area (Å²) in [5, 5.41) is 3.60. The molecule has 4 heteroatoms. The summed E-state index contributed by atoms with van der Waals surface area (Å²) in [6.45, 7) is 0.0287. The van der Waals surface area contributed by atoms with Gasteiger partial charge in [-0.2, -0.15) is 0 Å². The van der Waals surface area contributed by atoms with Crippen molar-refractivity contribution in [2.24, 2.45) is 5.73 Å². The van der Waals surface area contributed by atoms with Crippen molar-refractivity contribution in [2.45, 2.75) is 18.8 Å². The van der Waals surface area contributed by atoms with Gasteiger partial charge in [-0.15, -0.1) is 0 Å². The topological polar surface area (TPSA) is 69.1 Å². The highest BCUT2D eigenvalue weighted by Crippen LogP contribution is 2.41. The molecule has 1 aromatic rings. The average molecular weight is 166 g/mol. The molecule has 0 spiro atoms. The molecule has 0 radical (unpaired) electrons. The molecular weight excluding hydrogens is 156 g/mol. The van der Waals surface area contributed by atoms with E-state index in [4.69, 9.17) is 10.3 Å². The lowest BCUT2D eigenvalue weighted by molar-refractivity contribution is 0.0999. The number of carbonyl (C=O) groups excluding carboxylic acids is 1. The van der Waals surface area contributed by atoms with E-state index in [1.165, 1.54) is 6.20 Å². The first-order valence-electron chi connectivity index (χ1n) is 4.00. The van der Waals surface area contributed by atoms with Gasteiger partial charge in [0.2, 0.25) is 0 Å². The first-order chi connectivity index (χ1) is 5.83. The van der Waals surface area contributed by atoms with Crippen molar-refractivity contribution in [1.82, 2.24) is 5.16 Å².